The number of benzene rings is 2. The molecule has 3 aromatic rings. The van der Waals surface area contributed by atoms with E-state index in [1.54, 1.807) is 18.5 Å². The van der Waals surface area contributed by atoms with Gasteiger partial charge in [0, 0.05) is 8.92 Å². The van der Waals surface area contributed by atoms with Crippen LogP contribution in [0.5, 0.6) is 5.75 Å². The maximum Gasteiger partial charge on any atom is 0.165 e. The highest BCUT2D eigenvalue weighted by molar-refractivity contribution is 7.05. The molecule has 0 saturated heterocycles. The number of hydrogen-bond acceptors (Lipinski definition) is 5. The summed E-state index contributed by atoms with van der Waals surface area (Å²) in [7, 11) is 0. The lowest BCUT2D eigenvalue weighted by Crippen LogP contribution is -2.38. The third-order valence-corrected chi connectivity index (χ3v) is 5.11. The monoisotopic (exact) mass is 437 g/mol. The zero-order valence-corrected chi connectivity index (χ0v) is 17.5. The number of hydrogen-bond donors (Lipinski definition) is 1. The van der Waals surface area contributed by atoms with Crippen LogP contribution in [-0.2, 0) is 0 Å². The quantitative estimate of drug-likeness (QED) is 0.579. The summed E-state index contributed by atoms with van der Waals surface area (Å²) in [5.41, 5.74) is 2.09. The Labute approximate surface area is 180 Å². The summed E-state index contributed by atoms with van der Waals surface area (Å²) in [6.07, 6.45) is 4.46. The second-order valence-electron chi connectivity index (χ2n) is 6.76. The van der Waals surface area contributed by atoms with Gasteiger partial charge in [-0.2, -0.15) is 4.37 Å². The fraction of sp³-hybridized carbons (Fsp3) is 0.273. The summed E-state index contributed by atoms with van der Waals surface area (Å²) in [5, 5.41) is 4.32. The predicted octanol–water partition coefficient (Wildman–Crippen LogP) is 5.58. The summed E-state index contributed by atoms with van der Waals surface area (Å²) < 4.78 is 49.8. The average molecular weight is 438 g/mol. The third-order valence-electron chi connectivity index (χ3n) is 4.54. The van der Waals surface area contributed by atoms with Gasteiger partial charge in [-0.05, 0) is 73.2 Å². The van der Waals surface area contributed by atoms with Crippen LogP contribution in [0.15, 0.2) is 48.8 Å². The zero-order valence-electron chi connectivity index (χ0n) is 16.7. The molecule has 30 heavy (non-hydrogen) atoms. The van der Waals surface area contributed by atoms with Gasteiger partial charge >= 0.3 is 0 Å². The van der Waals surface area contributed by atoms with Crippen LogP contribution in [0.4, 0.5) is 13.2 Å². The van der Waals surface area contributed by atoms with E-state index in [0.717, 1.165) is 41.2 Å². The van der Waals surface area contributed by atoms with E-state index in [1.165, 1.54) is 30.6 Å². The molecule has 0 spiro atoms. The first kappa shape index (κ1) is 22.0. The SMILES string of the molecule is Cc1cc(F)c(OCC2NCCC=C2c2ccc(F)cc2)cc1F.Cc1ncns1.[HH].[HH]. The first-order valence-electron chi connectivity index (χ1n) is 9.45. The fourth-order valence-corrected chi connectivity index (χ4v) is 3.33. The van der Waals surface area contributed by atoms with Crippen molar-refractivity contribution < 1.29 is 20.8 Å². The van der Waals surface area contributed by atoms with Crippen LogP contribution < -0.4 is 10.1 Å². The Morgan fingerprint density at radius 1 is 1.13 bits per heavy atom. The van der Waals surface area contributed by atoms with Crippen LogP contribution in [0.1, 0.15) is 25.4 Å². The largest absolute Gasteiger partial charge is 0.488 e. The molecule has 1 N–H and O–H groups in total. The predicted molar refractivity (Wildman–Crippen MR) is 116 cm³/mol. The van der Waals surface area contributed by atoms with Gasteiger partial charge in [-0.15, -0.1) is 0 Å². The van der Waals surface area contributed by atoms with E-state index in [-0.39, 0.29) is 32.6 Å². The molecule has 0 bridgehead atoms. The van der Waals surface area contributed by atoms with Gasteiger partial charge in [-0.1, -0.05) is 18.2 Å². The second-order valence-corrected chi connectivity index (χ2v) is 7.75. The average Bonchev–Trinajstić information content (AvgIpc) is 3.22. The van der Waals surface area contributed by atoms with Crippen LogP contribution in [0.2, 0.25) is 0 Å². The molecule has 0 fully saturated rings. The summed E-state index contributed by atoms with van der Waals surface area (Å²) in [6, 6.07) is 8.22. The molecule has 2 heterocycles. The van der Waals surface area contributed by atoms with Gasteiger partial charge in [0.05, 0.1) is 6.04 Å². The van der Waals surface area contributed by atoms with E-state index in [4.69, 9.17) is 4.74 Å². The first-order chi connectivity index (χ1) is 14.4. The number of rotatable bonds is 4. The molecule has 1 aliphatic rings. The minimum atomic E-state index is -0.586. The van der Waals surface area contributed by atoms with Crippen molar-refractivity contribution in [3.8, 4) is 5.75 Å². The Hall–Kier alpha value is -2.71. The van der Waals surface area contributed by atoms with Crippen LogP contribution in [0.25, 0.3) is 5.57 Å². The van der Waals surface area contributed by atoms with E-state index >= 15 is 0 Å². The molecule has 0 aliphatic carbocycles. The smallest absolute Gasteiger partial charge is 0.165 e. The lowest BCUT2D eigenvalue weighted by Gasteiger charge is -2.26. The lowest BCUT2D eigenvalue weighted by atomic mass is 9.95. The minimum Gasteiger partial charge on any atom is -0.488 e. The molecule has 1 aromatic heterocycles. The topological polar surface area (TPSA) is 47.0 Å². The normalized spacial score (nSPS) is 15.8. The second kappa shape index (κ2) is 10.4. The number of nitrogens with one attached hydrogen (secondary N) is 1. The van der Waals surface area contributed by atoms with E-state index in [1.807, 2.05) is 6.92 Å². The highest BCUT2D eigenvalue weighted by Crippen LogP contribution is 2.25. The molecule has 162 valence electrons. The molecule has 0 radical (unpaired) electrons. The summed E-state index contributed by atoms with van der Waals surface area (Å²) in [4.78, 5) is 3.82. The van der Waals surface area contributed by atoms with Gasteiger partial charge < -0.3 is 10.1 Å². The maximum absolute atomic E-state index is 13.9. The molecule has 0 saturated carbocycles. The van der Waals surface area contributed by atoms with Crippen molar-refractivity contribution >= 4 is 17.1 Å². The van der Waals surface area contributed by atoms with Gasteiger partial charge in [-0.3, -0.25) is 0 Å². The molecule has 8 heteroatoms. The van der Waals surface area contributed by atoms with Crippen molar-refractivity contribution in [1.82, 2.24) is 14.7 Å². The third kappa shape index (κ3) is 5.90. The Morgan fingerprint density at radius 3 is 2.53 bits per heavy atom. The minimum absolute atomic E-state index is 0. The van der Waals surface area contributed by atoms with E-state index in [2.05, 4.69) is 20.8 Å². The van der Waals surface area contributed by atoms with Gasteiger partial charge in [0.2, 0.25) is 0 Å². The summed E-state index contributed by atoms with van der Waals surface area (Å²) >= 11 is 1.42. The Bertz CT molecular complexity index is 1000. The number of aromatic nitrogens is 2. The number of halogens is 3. The number of nitrogens with zero attached hydrogens (tertiary/aromatic N) is 2. The standard InChI is InChI=1S/C19H18F3NO.C3H4N2S.2H2/c1-12-9-17(22)19(10-16(12)21)24-11-18-15(3-2-8-23-18)13-4-6-14(20)7-5-13;1-3-4-2-5-6-3;;/h3-7,9-10,18,23H,2,8,11H2,1H3;2H,1H3;2*1H. The molecule has 1 unspecified atom stereocenters. The molecule has 0 amide bonds. The zero-order chi connectivity index (χ0) is 21.5. The summed E-state index contributed by atoms with van der Waals surface area (Å²) in [6.45, 7) is 4.35. The molecule has 1 atom stereocenters. The van der Waals surface area contributed by atoms with Crippen molar-refractivity contribution in [1.29, 1.82) is 0 Å². The Balaban J connectivity index is 0.000000557. The fourth-order valence-electron chi connectivity index (χ4n) is 2.99. The molecule has 4 rings (SSSR count). The Morgan fingerprint density at radius 2 is 1.90 bits per heavy atom. The van der Waals surface area contributed by atoms with Crippen LogP contribution in [0.3, 0.4) is 0 Å². The Kier molecular flexibility index (Phi) is 7.59. The van der Waals surface area contributed by atoms with Crippen molar-refractivity contribution in [3.63, 3.8) is 0 Å². The molecular formula is C22H26F3N3OS. The van der Waals surface area contributed by atoms with Crippen LogP contribution in [-0.4, -0.2) is 28.6 Å². The maximum atomic E-state index is 13.9. The van der Waals surface area contributed by atoms with Crippen molar-refractivity contribution in [2.75, 3.05) is 13.2 Å². The van der Waals surface area contributed by atoms with Crippen molar-refractivity contribution in [2.24, 2.45) is 0 Å². The van der Waals surface area contributed by atoms with Crippen LogP contribution in [0, 0.1) is 31.3 Å². The van der Waals surface area contributed by atoms with Crippen molar-refractivity contribution in [2.45, 2.75) is 26.3 Å². The van der Waals surface area contributed by atoms with E-state index in [9.17, 15) is 13.2 Å². The number of ether oxygens (including phenoxy) is 1. The van der Waals surface area contributed by atoms with Gasteiger partial charge in [0.15, 0.2) is 11.6 Å². The van der Waals surface area contributed by atoms with Gasteiger partial charge in [0.25, 0.3) is 0 Å². The first-order valence-corrected chi connectivity index (χ1v) is 10.2. The molecule has 2 aromatic carbocycles. The van der Waals surface area contributed by atoms with Gasteiger partial charge in [0.1, 0.15) is 29.6 Å². The highest BCUT2D eigenvalue weighted by atomic mass is 32.1. The van der Waals surface area contributed by atoms with E-state index in [0.29, 0.717) is 0 Å². The van der Waals surface area contributed by atoms with E-state index < -0.39 is 11.6 Å². The summed E-state index contributed by atoms with van der Waals surface area (Å²) in [5.74, 6) is -1.49. The number of aryl methyl sites for hydroxylation is 2. The lowest BCUT2D eigenvalue weighted by molar-refractivity contribution is 0.274. The molecule has 1 aliphatic heterocycles. The van der Waals surface area contributed by atoms with Crippen molar-refractivity contribution in [3.05, 3.63) is 82.4 Å². The highest BCUT2D eigenvalue weighted by Gasteiger charge is 2.20. The molecular weight excluding hydrogens is 411 g/mol. The van der Waals surface area contributed by atoms with Crippen LogP contribution >= 0.6 is 11.5 Å². The van der Waals surface area contributed by atoms with Gasteiger partial charge in [-0.25, -0.2) is 18.2 Å². The molecule has 4 nitrogen and oxygen atoms in total.